The maximum atomic E-state index is 7.46. The van der Waals surface area contributed by atoms with Crippen LogP contribution in [0.4, 0.5) is 0 Å². The summed E-state index contributed by atoms with van der Waals surface area (Å²) in [5, 5.41) is 7.65. The van der Waals surface area contributed by atoms with Crippen LogP contribution < -0.4 is 0 Å². The number of benzene rings is 1. The van der Waals surface area contributed by atoms with Crippen molar-refractivity contribution in [3.05, 3.63) is 24.2 Å². The minimum Gasteiger partial charge on any atom is -0.248 e. The van der Waals surface area contributed by atoms with Gasteiger partial charge in [-0.1, -0.05) is 17.3 Å². The van der Waals surface area contributed by atoms with Crippen LogP contribution in [0.1, 0.15) is 1.37 Å². The first kappa shape index (κ1) is 4.44. The number of nitrogens with zero attached hydrogens (tertiary/aromatic N) is 3. The lowest BCUT2D eigenvalue weighted by atomic mass is 10.3. The van der Waals surface area contributed by atoms with Gasteiger partial charge in [-0.15, -0.1) is 5.10 Å². The van der Waals surface area contributed by atoms with E-state index in [0.29, 0.717) is 11.6 Å². The van der Waals surface area contributed by atoms with Crippen molar-refractivity contribution in [3.8, 4) is 0 Å². The number of para-hydroxylation sites is 1. The molecule has 0 fully saturated rings. The Bertz CT molecular complexity index is 393. The highest BCUT2D eigenvalue weighted by Crippen LogP contribution is 2.06. The third-order valence-electron chi connectivity index (χ3n) is 1.44. The van der Waals surface area contributed by atoms with Crippen LogP contribution in [0.3, 0.4) is 0 Å². The molecule has 0 bridgehead atoms. The van der Waals surface area contributed by atoms with Crippen molar-refractivity contribution in [3.63, 3.8) is 0 Å². The lowest BCUT2D eigenvalue weighted by Gasteiger charge is -1.87. The SMILES string of the molecule is [2H]c1cccc2c1nnn2C. The van der Waals surface area contributed by atoms with Gasteiger partial charge < -0.3 is 0 Å². The molecule has 2 aromatic rings. The number of hydrogen-bond acceptors (Lipinski definition) is 2. The minimum absolute atomic E-state index is 0.426. The molecule has 10 heavy (non-hydrogen) atoms. The molecule has 0 aliphatic carbocycles. The van der Waals surface area contributed by atoms with E-state index in [1.54, 1.807) is 10.7 Å². The van der Waals surface area contributed by atoms with Gasteiger partial charge in [-0.2, -0.15) is 0 Å². The highest BCUT2D eigenvalue weighted by molar-refractivity contribution is 5.73. The van der Waals surface area contributed by atoms with Crippen molar-refractivity contribution in [2.45, 2.75) is 0 Å². The highest BCUT2D eigenvalue weighted by atomic mass is 15.4. The summed E-state index contributed by atoms with van der Waals surface area (Å²) >= 11 is 0. The summed E-state index contributed by atoms with van der Waals surface area (Å²) in [5.74, 6) is 0. The lowest BCUT2D eigenvalue weighted by Crippen LogP contribution is -1.88. The summed E-state index contributed by atoms with van der Waals surface area (Å²) in [7, 11) is 1.81. The molecule has 0 aliphatic heterocycles. The van der Waals surface area contributed by atoms with Gasteiger partial charge in [0.25, 0.3) is 0 Å². The largest absolute Gasteiger partial charge is 0.248 e. The molecule has 0 N–H and O–H groups in total. The van der Waals surface area contributed by atoms with Gasteiger partial charge in [0.15, 0.2) is 0 Å². The Kier molecular flexibility index (Phi) is 0.799. The first-order valence-electron chi connectivity index (χ1n) is 3.54. The van der Waals surface area contributed by atoms with Crippen LogP contribution in [0, 0.1) is 0 Å². The van der Waals surface area contributed by atoms with E-state index in [1.165, 1.54) is 0 Å². The van der Waals surface area contributed by atoms with E-state index in [2.05, 4.69) is 10.3 Å². The summed E-state index contributed by atoms with van der Waals surface area (Å²) in [6.07, 6.45) is 0. The molecule has 0 spiro atoms. The molecule has 1 aromatic heterocycles. The monoisotopic (exact) mass is 134 g/mol. The molecule has 0 atom stereocenters. The first-order chi connectivity index (χ1) is 5.29. The number of rotatable bonds is 0. The molecule has 50 valence electrons. The van der Waals surface area contributed by atoms with Crippen LogP contribution in [-0.4, -0.2) is 15.0 Å². The zero-order valence-corrected chi connectivity index (χ0v) is 5.57. The smallest absolute Gasteiger partial charge is 0.113 e. The van der Waals surface area contributed by atoms with Crippen molar-refractivity contribution in [1.82, 2.24) is 15.0 Å². The Morgan fingerprint density at radius 3 is 3.30 bits per heavy atom. The molecular weight excluding hydrogens is 126 g/mol. The second kappa shape index (κ2) is 1.80. The zero-order valence-electron chi connectivity index (χ0n) is 6.57. The maximum absolute atomic E-state index is 7.46. The van der Waals surface area contributed by atoms with Gasteiger partial charge in [0, 0.05) is 7.05 Å². The maximum Gasteiger partial charge on any atom is 0.113 e. The van der Waals surface area contributed by atoms with Gasteiger partial charge in [0.1, 0.15) is 5.52 Å². The molecule has 0 aliphatic rings. The second-order valence-electron chi connectivity index (χ2n) is 2.12. The molecule has 1 aromatic carbocycles. The quantitative estimate of drug-likeness (QED) is 0.537. The second-order valence-corrected chi connectivity index (χ2v) is 2.12. The van der Waals surface area contributed by atoms with Gasteiger partial charge in [0.2, 0.25) is 0 Å². The van der Waals surface area contributed by atoms with E-state index < -0.39 is 0 Å². The molecule has 0 saturated heterocycles. The summed E-state index contributed by atoms with van der Waals surface area (Å²) in [6.45, 7) is 0. The van der Waals surface area contributed by atoms with Crippen molar-refractivity contribution in [2.75, 3.05) is 0 Å². The molecule has 2 rings (SSSR count). The fourth-order valence-corrected chi connectivity index (χ4v) is 0.920. The summed E-state index contributed by atoms with van der Waals surface area (Å²) in [4.78, 5) is 0. The number of fused-ring (bicyclic) bond motifs is 1. The van der Waals surface area contributed by atoms with Gasteiger partial charge in [-0.3, -0.25) is 0 Å². The van der Waals surface area contributed by atoms with Gasteiger partial charge >= 0.3 is 0 Å². The van der Waals surface area contributed by atoms with E-state index in [9.17, 15) is 0 Å². The third-order valence-corrected chi connectivity index (χ3v) is 1.44. The van der Waals surface area contributed by atoms with Crippen LogP contribution in [0.25, 0.3) is 11.0 Å². The van der Waals surface area contributed by atoms with Crippen LogP contribution in [0.15, 0.2) is 24.2 Å². The molecular formula is C7H7N3. The number of aryl methyl sites for hydroxylation is 1. The average Bonchev–Trinajstić information content (AvgIpc) is 2.35. The topological polar surface area (TPSA) is 30.7 Å². The normalized spacial score (nSPS) is 11.9. The van der Waals surface area contributed by atoms with Crippen LogP contribution in [0.5, 0.6) is 0 Å². The Balaban J connectivity index is 2.94. The molecule has 0 unspecified atom stereocenters. The van der Waals surface area contributed by atoms with Crippen molar-refractivity contribution in [1.29, 1.82) is 0 Å². The fourth-order valence-electron chi connectivity index (χ4n) is 0.920. The molecule has 1 heterocycles. The Hall–Kier alpha value is -1.38. The van der Waals surface area contributed by atoms with Crippen LogP contribution in [0.2, 0.25) is 0 Å². The van der Waals surface area contributed by atoms with Crippen molar-refractivity contribution >= 4 is 11.0 Å². The van der Waals surface area contributed by atoms with Crippen LogP contribution in [-0.2, 0) is 7.05 Å². The van der Waals surface area contributed by atoms with Gasteiger partial charge in [-0.25, -0.2) is 4.68 Å². The lowest BCUT2D eigenvalue weighted by molar-refractivity contribution is 0.736. The standard InChI is InChI=1S/C7H7N3/c1-10-7-5-3-2-4-6(7)8-9-10/h2-5H,1H3/i4D. The van der Waals surface area contributed by atoms with E-state index in [-0.39, 0.29) is 0 Å². The highest BCUT2D eigenvalue weighted by Gasteiger charge is 1.95. The Morgan fingerprint density at radius 1 is 1.60 bits per heavy atom. The third kappa shape index (κ3) is 0.603. The predicted molar refractivity (Wildman–Crippen MR) is 38.5 cm³/mol. The average molecular weight is 134 g/mol. The van der Waals surface area contributed by atoms with E-state index in [1.807, 2.05) is 19.2 Å². The van der Waals surface area contributed by atoms with E-state index in [0.717, 1.165) is 5.52 Å². The molecule has 3 heteroatoms. The number of hydrogen-bond donors (Lipinski definition) is 0. The number of aromatic nitrogens is 3. The van der Waals surface area contributed by atoms with E-state index in [4.69, 9.17) is 1.37 Å². The van der Waals surface area contributed by atoms with E-state index >= 15 is 0 Å². The van der Waals surface area contributed by atoms with Crippen molar-refractivity contribution < 1.29 is 1.37 Å². The molecule has 3 nitrogen and oxygen atoms in total. The van der Waals surface area contributed by atoms with Crippen LogP contribution >= 0.6 is 0 Å². The summed E-state index contributed by atoms with van der Waals surface area (Å²) in [5.41, 5.74) is 1.56. The predicted octanol–water partition coefficient (Wildman–Crippen LogP) is 0.968. The van der Waals surface area contributed by atoms with Gasteiger partial charge in [-0.05, 0) is 12.1 Å². The fraction of sp³-hybridized carbons (Fsp3) is 0.143. The Morgan fingerprint density at radius 2 is 2.50 bits per heavy atom. The molecule has 0 saturated carbocycles. The Labute approximate surface area is 59.7 Å². The van der Waals surface area contributed by atoms with Crippen molar-refractivity contribution in [2.24, 2.45) is 7.05 Å². The van der Waals surface area contributed by atoms with Gasteiger partial charge in [0.05, 0.1) is 6.89 Å². The minimum atomic E-state index is 0.426. The summed E-state index contributed by atoms with van der Waals surface area (Å²) < 4.78 is 9.12. The molecule has 0 radical (unpaired) electrons. The zero-order chi connectivity index (χ0) is 7.84. The first-order valence-corrected chi connectivity index (χ1v) is 3.04. The molecule has 0 amide bonds. The summed E-state index contributed by atoms with van der Waals surface area (Å²) in [6, 6.07) is 5.86.